The van der Waals surface area contributed by atoms with Crippen molar-refractivity contribution in [2.45, 2.75) is 71.6 Å². The summed E-state index contributed by atoms with van der Waals surface area (Å²) in [6.07, 6.45) is 11.8. The average Bonchev–Trinajstić information content (AvgIpc) is 3.44. The van der Waals surface area contributed by atoms with Crippen LogP contribution in [0.1, 0.15) is 62.5 Å². The van der Waals surface area contributed by atoms with Gasteiger partial charge in [0.05, 0.1) is 11.1 Å². The normalized spacial score (nSPS) is 18.6. The minimum atomic E-state index is -1.50. The zero-order valence-corrected chi connectivity index (χ0v) is 20.4. The first-order valence-corrected chi connectivity index (χ1v) is 11.8. The lowest BCUT2D eigenvalue weighted by atomic mass is 9.98. The van der Waals surface area contributed by atoms with Crippen molar-refractivity contribution < 1.29 is 10.2 Å². The van der Waals surface area contributed by atoms with Crippen LogP contribution in [0.5, 0.6) is 0 Å². The molecule has 176 valence electrons. The molecule has 0 aromatic carbocycles. The molecule has 4 aromatic rings. The highest BCUT2D eigenvalue weighted by Gasteiger charge is 2.27. The molecule has 1 aliphatic carbocycles. The topological polar surface area (TPSA) is 88.5 Å². The van der Waals surface area contributed by atoms with Crippen molar-refractivity contribution in [3.05, 3.63) is 59.0 Å². The summed E-state index contributed by atoms with van der Waals surface area (Å²) < 4.78 is 4.47. The Morgan fingerprint density at radius 1 is 1.12 bits per heavy atom. The molecule has 1 aliphatic rings. The van der Waals surface area contributed by atoms with Crippen LogP contribution in [-0.4, -0.2) is 39.9 Å². The predicted molar refractivity (Wildman–Crippen MR) is 130 cm³/mol. The molecule has 7 nitrogen and oxygen atoms in total. The number of hydrogen-bond donors (Lipinski definition) is 2. The summed E-state index contributed by atoms with van der Waals surface area (Å²) in [6, 6.07) is 7.03. The van der Waals surface area contributed by atoms with E-state index >= 15 is 0 Å². The highest BCUT2D eigenvalue weighted by Crippen LogP contribution is 2.39. The molecule has 0 spiro atoms. The summed E-state index contributed by atoms with van der Waals surface area (Å²) in [4.78, 5) is 13.2. The second kappa shape index (κ2) is 9.41. The number of aromatic nitrogens is 5. The van der Waals surface area contributed by atoms with Crippen molar-refractivity contribution in [3.63, 3.8) is 0 Å². The zero-order chi connectivity index (χ0) is 23.8. The first kappa shape index (κ1) is 23.7. The summed E-state index contributed by atoms with van der Waals surface area (Å²) in [6.45, 7) is 6.79. The van der Waals surface area contributed by atoms with Gasteiger partial charge in [-0.2, -0.15) is 0 Å². The Labute approximate surface area is 199 Å². The highest BCUT2D eigenvalue weighted by atomic mass is 35.5. The number of aryl methyl sites for hydroxylation is 3. The van der Waals surface area contributed by atoms with Gasteiger partial charge in [0.25, 0.3) is 0 Å². The van der Waals surface area contributed by atoms with E-state index in [0.29, 0.717) is 11.2 Å². The van der Waals surface area contributed by atoms with Gasteiger partial charge in [-0.25, -0.2) is 15.0 Å². The van der Waals surface area contributed by atoms with E-state index in [1.54, 1.807) is 6.33 Å². The lowest BCUT2D eigenvalue weighted by Gasteiger charge is -2.14. The lowest BCUT2D eigenvalue weighted by Crippen LogP contribution is -2.15. The fourth-order valence-electron chi connectivity index (χ4n) is 4.65. The molecule has 0 radical (unpaired) electrons. The number of fused-ring (bicyclic) bond motifs is 2. The molecule has 33 heavy (non-hydrogen) atoms. The van der Waals surface area contributed by atoms with Gasteiger partial charge in [-0.3, -0.25) is 0 Å². The van der Waals surface area contributed by atoms with E-state index in [4.69, 9.17) is 21.8 Å². The molecular formula is C25H32ClN5O2. The van der Waals surface area contributed by atoms with Crippen LogP contribution in [0.2, 0.25) is 5.15 Å². The highest BCUT2D eigenvalue weighted by molar-refractivity contribution is 6.33. The maximum atomic E-state index is 8.08. The second-order valence-corrected chi connectivity index (χ2v) is 9.89. The van der Waals surface area contributed by atoms with E-state index in [0.717, 1.165) is 34.7 Å². The molecule has 2 atom stereocenters. The van der Waals surface area contributed by atoms with Crippen LogP contribution in [-0.2, 0) is 6.42 Å². The SMILES string of the molecule is CC(C)(O)O.Cc1nc2cc(CCC3CCC(n4ccc5c(Cl)ncnc54)C3)ccn2c1C. The lowest BCUT2D eigenvalue weighted by molar-refractivity contribution is -0.127. The van der Waals surface area contributed by atoms with Crippen LogP contribution in [0.3, 0.4) is 0 Å². The Hall–Kier alpha value is -2.48. The van der Waals surface area contributed by atoms with Gasteiger partial charge in [-0.05, 0) is 89.5 Å². The Morgan fingerprint density at radius 2 is 1.88 bits per heavy atom. The maximum absolute atomic E-state index is 8.08. The molecule has 5 rings (SSSR count). The number of nitrogens with zero attached hydrogens (tertiary/aromatic N) is 5. The smallest absolute Gasteiger partial charge is 0.156 e. The molecule has 1 saturated carbocycles. The van der Waals surface area contributed by atoms with E-state index in [9.17, 15) is 0 Å². The number of pyridine rings is 1. The van der Waals surface area contributed by atoms with Gasteiger partial charge >= 0.3 is 0 Å². The Balaban J connectivity index is 0.000000471. The van der Waals surface area contributed by atoms with Crippen LogP contribution in [0, 0.1) is 19.8 Å². The van der Waals surface area contributed by atoms with Crippen molar-refractivity contribution >= 4 is 28.3 Å². The Bertz CT molecular complexity index is 1250. The van der Waals surface area contributed by atoms with E-state index in [1.807, 2.05) is 6.07 Å². The molecular weight excluding hydrogens is 438 g/mol. The summed E-state index contributed by atoms with van der Waals surface area (Å²) in [5, 5.41) is 17.6. The third-order valence-electron chi connectivity index (χ3n) is 6.38. The number of halogens is 1. The van der Waals surface area contributed by atoms with Crippen LogP contribution < -0.4 is 0 Å². The second-order valence-electron chi connectivity index (χ2n) is 9.54. The third kappa shape index (κ3) is 5.54. The molecule has 2 unspecified atom stereocenters. The number of hydrogen-bond acceptors (Lipinski definition) is 5. The van der Waals surface area contributed by atoms with Gasteiger partial charge < -0.3 is 19.2 Å². The van der Waals surface area contributed by atoms with Crippen molar-refractivity contribution in [1.29, 1.82) is 0 Å². The van der Waals surface area contributed by atoms with Gasteiger partial charge in [0.1, 0.15) is 22.8 Å². The fourth-order valence-corrected chi connectivity index (χ4v) is 4.84. The summed E-state index contributed by atoms with van der Waals surface area (Å²) >= 11 is 6.20. The largest absolute Gasteiger partial charge is 0.366 e. The number of aliphatic hydroxyl groups is 2. The van der Waals surface area contributed by atoms with Crippen molar-refractivity contribution in [1.82, 2.24) is 23.9 Å². The van der Waals surface area contributed by atoms with Crippen LogP contribution >= 0.6 is 11.6 Å². The maximum Gasteiger partial charge on any atom is 0.156 e. The minimum absolute atomic E-state index is 0.508. The molecule has 4 aromatic heterocycles. The van der Waals surface area contributed by atoms with Gasteiger partial charge in [0, 0.05) is 24.1 Å². The first-order chi connectivity index (χ1) is 15.6. The molecule has 0 bridgehead atoms. The van der Waals surface area contributed by atoms with Gasteiger partial charge in [-0.1, -0.05) is 11.6 Å². The number of imidazole rings is 1. The van der Waals surface area contributed by atoms with Gasteiger partial charge in [-0.15, -0.1) is 0 Å². The van der Waals surface area contributed by atoms with Crippen molar-refractivity contribution in [3.8, 4) is 0 Å². The fraction of sp³-hybridized carbons (Fsp3) is 0.480. The van der Waals surface area contributed by atoms with Crippen LogP contribution in [0.15, 0.2) is 36.9 Å². The molecule has 8 heteroatoms. The molecule has 4 heterocycles. The molecule has 1 fully saturated rings. The standard InChI is InChI=1S/C22H24ClN5.C3H8O2/c1-14-15(2)27-9-7-17(12-20(27)26-14)4-3-16-5-6-18(11-16)28-10-8-19-21(23)24-13-25-22(19)28;1-3(2,4)5/h7-10,12-13,16,18H,3-6,11H2,1-2H3;4-5H,1-2H3. The predicted octanol–water partition coefficient (Wildman–Crippen LogP) is 5.03. The molecule has 0 amide bonds. The summed E-state index contributed by atoms with van der Waals surface area (Å²) in [7, 11) is 0. The molecule has 0 saturated heterocycles. The van der Waals surface area contributed by atoms with Crippen LogP contribution in [0.25, 0.3) is 16.7 Å². The quantitative estimate of drug-likeness (QED) is 0.323. The van der Waals surface area contributed by atoms with Gasteiger partial charge in [0.15, 0.2) is 5.79 Å². The Kier molecular flexibility index (Phi) is 6.75. The Morgan fingerprint density at radius 3 is 2.64 bits per heavy atom. The average molecular weight is 470 g/mol. The molecule has 2 N–H and O–H groups in total. The number of rotatable bonds is 4. The summed E-state index contributed by atoms with van der Waals surface area (Å²) in [5.74, 6) is -0.751. The minimum Gasteiger partial charge on any atom is -0.366 e. The van der Waals surface area contributed by atoms with E-state index in [2.05, 4.69) is 62.3 Å². The van der Waals surface area contributed by atoms with E-state index in [1.165, 1.54) is 50.8 Å². The monoisotopic (exact) mass is 469 g/mol. The van der Waals surface area contributed by atoms with E-state index in [-0.39, 0.29) is 0 Å². The van der Waals surface area contributed by atoms with E-state index < -0.39 is 5.79 Å². The van der Waals surface area contributed by atoms with Crippen LogP contribution in [0.4, 0.5) is 0 Å². The van der Waals surface area contributed by atoms with Crippen molar-refractivity contribution in [2.24, 2.45) is 5.92 Å². The van der Waals surface area contributed by atoms with Gasteiger partial charge in [0.2, 0.25) is 0 Å². The first-order valence-electron chi connectivity index (χ1n) is 11.5. The zero-order valence-electron chi connectivity index (χ0n) is 19.7. The molecule has 0 aliphatic heterocycles. The third-order valence-corrected chi connectivity index (χ3v) is 6.68. The van der Waals surface area contributed by atoms with Crippen molar-refractivity contribution in [2.75, 3.05) is 0 Å². The summed E-state index contributed by atoms with van der Waals surface area (Å²) in [5.41, 5.74) is 5.74.